The first-order valence-corrected chi connectivity index (χ1v) is 3.57. The third kappa shape index (κ3) is 5.54. The van der Waals surface area contributed by atoms with E-state index < -0.39 is 0 Å². The molecule has 0 aliphatic carbocycles. The lowest BCUT2D eigenvalue weighted by atomic mass is 10.4. The Kier molecular flexibility index (Phi) is 6.62. The predicted octanol–water partition coefficient (Wildman–Crippen LogP) is 0.286. The van der Waals surface area contributed by atoms with Gasteiger partial charge in [-0.15, -0.1) is 0 Å². The Morgan fingerprint density at radius 2 is 2.36 bits per heavy atom. The van der Waals surface area contributed by atoms with Gasteiger partial charge in [0.2, 0.25) is 0 Å². The maximum atomic E-state index is 10.0. The van der Waals surface area contributed by atoms with Gasteiger partial charge in [-0.05, 0) is 6.42 Å². The number of amides is 1. The van der Waals surface area contributed by atoms with E-state index in [1.165, 1.54) is 6.41 Å². The summed E-state index contributed by atoms with van der Waals surface area (Å²) in [6.07, 6.45) is 3.95. The zero-order chi connectivity index (χ0) is 8.53. The Balaban J connectivity index is 3.35. The van der Waals surface area contributed by atoms with Gasteiger partial charge in [-0.3, -0.25) is 9.63 Å². The first-order chi connectivity index (χ1) is 5.35. The van der Waals surface area contributed by atoms with Crippen LogP contribution in [0.1, 0.15) is 19.8 Å². The second-order valence-corrected chi connectivity index (χ2v) is 2.01. The predicted molar refractivity (Wildman–Crippen MR) is 39.3 cm³/mol. The number of carbonyl (C=O) groups excluding carboxylic acids is 2. The smallest absolute Gasteiger partial charge is 0.301 e. The standard InChI is InChI=1S/C7H12NO3/c1-2-3-6-11-8(7-10)4-5-9/h5H,2-4,6H2,1H3. The van der Waals surface area contributed by atoms with Crippen molar-refractivity contribution in [1.82, 2.24) is 5.06 Å². The minimum atomic E-state index is -0.0484. The lowest BCUT2D eigenvalue weighted by Crippen LogP contribution is -2.24. The molecular weight excluding hydrogens is 146 g/mol. The number of nitrogens with zero attached hydrogens (tertiary/aromatic N) is 1. The van der Waals surface area contributed by atoms with E-state index in [4.69, 9.17) is 4.84 Å². The molecule has 0 aliphatic rings. The van der Waals surface area contributed by atoms with E-state index in [2.05, 4.69) is 0 Å². The number of hydrogen-bond donors (Lipinski definition) is 0. The van der Waals surface area contributed by atoms with Crippen LogP contribution in [0.5, 0.6) is 0 Å². The van der Waals surface area contributed by atoms with Crippen molar-refractivity contribution >= 4 is 12.7 Å². The van der Waals surface area contributed by atoms with Crippen molar-refractivity contribution in [2.45, 2.75) is 19.8 Å². The molecule has 4 heteroatoms. The molecule has 0 aromatic heterocycles. The van der Waals surface area contributed by atoms with Crippen LogP contribution in [0.3, 0.4) is 0 Å². The summed E-state index contributed by atoms with van der Waals surface area (Å²) in [5.74, 6) is 0. The van der Waals surface area contributed by atoms with Crippen molar-refractivity contribution < 1.29 is 14.4 Å². The van der Waals surface area contributed by atoms with Crippen LogP contribution in [0.15, 0.2) is 0 Å². The highest BCUT2D eigenvalue weighted by Crippen LogP contribution is 1.90. The van der Waals surface area contributed by atoms with E-state index >= 15 is 0 Å². The normalized spacial score (nSPS) is 9.18. The first kappa shape index (κ1) is 10.1. The summed E-state index contributed by atoms with van der Waals surface area (Å²) >= 11 is 0. The molecule has 0 aromatic rings. The Hall–Kier alpha value is -0.900. The molecule has 0 fully saturated rings. The van der Waals surface area contributed by atoms with Gasteiger partial charge < -0.3 is 4.79 Å². The molecule has 0 N–H and O–H groups in total. The molecule has 0 unspecified atom stereocenters. The molecule has 0 atom stereocenters. The largest absolute Gasteiger partial charge is 0.338 e. The van der Waals surface area contributed by atoms with Crippen LogP contribution >= 0.6 is 0 Å². The van der Waals surface area contributed by atoms with Crippen LogP contribution in [0.4, 0.5) is 0 Å². The second-order valence-electron chi connectivity index (χ2n) is 2.01. The minimum absolute atomic E-state index is 0.0484. The maximum absolute atomic E-state index is 10.0. The Labute approximate surface area is 66.1 Å². The van der Waals surface area contributed by atoms with Gasteiger partial charge in [0.15, 0.2) is 0 Å². The van der Waals surface area contributed by atoms with Crippen LogP contribution in [0.25, 0.3) is 0 Å². The summed E-state index contributed by atoms with van der Waals surface area (Å²) in [5.41, 5.74) is 0. The number of carbonyl (C=O) groups is 1. The molecule has 1 radical (unpaired) electrons. The van der Waals surface area contributed by atoms with Crippen molar-refractivity contribution in [2.24, 2.45) is 0 Å². The van der Waals surface area contributed by atoms with Crippen LogP contribution in [-0.4, -0.2) is 30.9 Å². The van der Waals surface area contributed by atoms with Crippen LogP contribution < -0.4 is 0 Å². The van der Waals surface area contributed by atoms with Crippen LogP contribution in [-0.2, 0) is 14.4 Å². The van der Waals surface area contributed by atoms with Gasteiger partial charge in [0.1, 0.15) is 12.8 Å². The first-order valence-electron chi connectivity index (χ1n) is 3.57. The van der Waals surface area contributed by atoms with Gasteiger partial charge in [-0.1, -0.05) is 13.3 Å². The van der Waals surface area contributed by atoms with E-state index in [-0.39, 0.29) is 6.54 Å². The molecule has 4 nitrogen and oxygen atoms in total. The summed E-state index contributed by atoms with van der Waals surface area (Å²) < 4.78 is 0. The zero-order valence-electron chi connectivity index (χ0n) is 6.58. The van der Waals surface area contributed by atoms with E-state index in [9.17, 15) is 9.59 Å². The number of rotatable bonds is 7. The van der Waals surface area contributed by atoms with Gasteiger partial charge in [-0.25, -0.2) is 5.06 Å². The molecule has 11 heavy (non-hydrogen) atoms. The van der Waals surface area contributed by atoms with Gasteiger partial charge in [0.25, 0.3) is 0 Å². The average Bonchev–Trinajstić information content (AvgIpc) is 2.03. The monoisotopic (exact) mass is 158 g/mol. The van der Waals surface area contributed by atoms with Crippen molar-refractivity contribution in [3.8, 4) is 0 Å². The highest BCUT2D eigenvalue weighted by molar-refractivity contribution is 5.58. The number of unbranched alkanes of at least 4 members (excludes halogenated alkanes) is 1. The highest BCUT2D eigenvalue weighted by Gasteiger charge is 1.99. The Bertz CT molecular complexity index is 116. The van der Waals surface area contributed by atoms with Crippen molar-refractivity contribution in [3.63, 3.8) is 0 Å². The molecule has 1 amide bonds. The van der Waals surface area contributed by atoms with E-state index in [0.717, 1.165) is 17.9 Å². The van der Waals surface area contributed by atoms with Crippen LogP contribution in [0, 0.1) is 0 Å². The Morgan fingerprint density at radius 1 is 1.64 bits per heavy atom. The van der Waals surface area contributed by atoms with E-state index in [1.807, 2.05) is 6.92 Å². The number of aldehydes is 1. The number of hydroxylamine groups is 2. The molecule has 0 spiro atoms. The zero-order valence-corrected chi connectivity index (χ0v) is 6.58. The molecule has 0 rings (SSSR count). The molecule has 0 saturated carbocycles. The Morgan fingerprint density at radius 3 is 2.82 bits per heavy atom. The lowest BCUT2D eigenvalue weighted by Gasteiger charge is -2.11. The fourth-order valence-corrected chi connectivity index (χ4v) is 0.503. The molecule has 0 bridgehead atoms. The molecule has 0 heterocycles. The molecule has 63 valence electrons. The summed E-state index contributed by atoms with van der Waals surface area (Å²) in [7, 11) is 0. The SMILES string of the molecule is CCCCON([C]=O)CC=O. The second kappa shape index (κ2) is 7.21. The number of hydrogen-bond acceptors (Lipinski definition) is 3. The van der Waals surface area contributed by atoms with E-state index in [0.29, 0.717) is 12.9 Å². The van der Waals surface area contributed by atoms with Gasteiger partial charge in [-0.2, -0.15) is 0 Å². The van der Waals surface area contributed by atoms with Crippen molar-refractivity contribution in [3.05, 3.63) is 0 Å². The summed E-state index contributed by atoms with van der Waals surface area (Å²) in [5, 5.41) is 0.864. The maximum Gasteiger partial charge on any atom is 0.338 e. The minimum Gasteiger partial charge on any atom is -0.301 e. The molecule has 0 aliphatic heterocycles. The summed E-state index contributed by atoms with van der Waals surface area (Å²) in [6.45, 7) is 2.42. The lowest BCUT2D eigenvalue weighted by molar-refractivity contribution is -0.126. The van der Waals surface area contributed by atoms with Crippen molar-refractivity contribution in [1.29, 1.82) is 0 Å². The fraction of sp³-hybridized carbons (Fsp3) is 0.714. The van der Waals surface area contributed by atoms with Crippen molar-refractivity contribution in [2.75, 3.05) is 13.2 Å². The average molecular weight is 158 g/mol. The highest BCUT2D eigenvalue weighted by atomic mass is 16.7. The third-order valence-corrected chi connectivity index (χ3v) is 1.09. The molecule has 0 aromatic carbocycles. The molecule has 0 saturated heterocycles. The van der Waals surface area contributed by atoms with Crippen LogP contribution in [0.2, 0.25) is 0 Å². The summed E-state index contributed by atoms with van der Waals surface area (Å²) in [6, 6.07) is 0. The summed E-state index contributed by atoms with van der Waals surface area (Å²) in [4.78, 5) is 24.8. The third-order valence-electron chi connectivity index (χ3n) is 1.09. The van der Waals surface area contributed by atoms with Gasteiger partial charge in [0, 0.05) is 0 Å². The topological polar surface area (TPSA) is 46.6 Å². The van der Waals surface area contributed by atoms with Gasteiger partial charge in [0.05, 0.1) is 6.61 Å². The quantitative estimate of drug-likeness (QED) is 0.231. The van der Waals surface area contributed by atoms with Gasteiger partial charge >= 0.3 is 6.41 Å². The molecular formula is C7H12NO3. The fourth-order valence-electron chi connectivity index (χ4n) is 0.503. The van der Waals surface area contributed by atoms with E-state index in [1.54, 1.807) is 0 Å².